The zero-order valence-corrected chi connectivity index (χ0v) is 18.2. The van der Waals surface area contributed by atoms with Crippen LogP contribution in [0.15, 0.2) is 22.9 Å². The zero-order chi connectivity index (χ0) is 20.8. The van der Waals surface area contributed by atoms with Crippen LogP contribution in [-0.2, 0) is 28.5 Å². The number of nitrogens with zero attached hydrogens (tertiary/aromatic N) is 1. The maximum Gasteiger partial charge on any atom is 0.343 e. The summed E-state index contributed by atoms with van der Waals surface area (Å²) >= 11 is 0. The van der Waals surface area contributed by atoms with Crippen molar-refractivity contribution in [1.82, 2.24) is 4.90 Å². The second-order valence-corrected chi connectivity index (χ2v) is 9.76. The fourth-order valence-electron chi connectivity index (χ4n) is 7.83. The van der Waals surface area contributed by atoms with Crippen molar-refractivity contribution in [2.24, 2.45) is 17.8 Å². The van der Waals surface area contributed by atoms with Crippen LogP contribution in [0.1, 0.15) is 46.0 Å². The molecule has 0 aromatic carbocycles. The molecule has 6 heterocycles. The van der Waals surface area contributed by atoms with Gasteiger partial charge in [-0.1, -0.05) is 6.92 Å². The fraction of sp³-hybridized carbons (Fsp3) is 0.783. The van der Waals surface area contributed by atoms with Crippen LogP contribution < -0.4 is 0 Å². The summed E-state index contributed by atoms with van der Waals surface area (Å²) in [7, 11) is 3.35. The number of hydrogen-bond acceptors (Lipinski definition) is 7. The van der Waals surface area contributed by atoms with Gasteiger partial charge in [0.25, 0.3) is 0 Å². The first kappa shape index (κ1) is 19.1. The number of methoxy groups -OCH3 is 2. The van der Waals surface area contributed by atoms with Crippen molar-refractivity contribution >= 4 is 5.97 Å². The molecule has 6 aliphatic heterocycles. The highest BCUT2D eigenvalue weighted by atomic mass is 16.7. The molecule has 6 aliphatic rings. The summed E-state index contributed by atoms with van der Waals surface area (Å²) in [5, 5.41) is 0. The summed E-state index contributed by atoms with van der Waals surface area (Å²) in [6.07, 6.45) is 5.78. The van der Waals surface area contributed by atoms with Crippen LogP contribution in [0.5, 0.6) is 0 Å². The molecule has 7 nitrogen and oxygen atoms in total. The van der Waals surface area contributed by atoms with Gasteiger partial charge >= 0.3 is 5.97 Å². The van der Waals surface area contributed by atoms with Gasteiger partial charge in [-0.3, -0.25) is 4.90 Å². The third kappa shape index (κ3) is 2.00. The quantitative estimate of drug-likeness (QED) is 0.486. The molecular weight excluding hydrogens is 386 g/mol. The van der Waals surface area contributed by atoms with E-state index in [4.69, 9.17) is 23.7 Å². The van der Waals surface area contributed by atoms with E-state index in [-0.39, 0.29) is 29.4 Å². The number of rotatable bonds is 6. The first-order valence-corrected chi connectivity index (χ1v) is 11.3. The molecule has 5 fully saturated rings. The molecular formula is C23H31NO6. The van der Waals surface area contributed by atoms with E-state index >= 15 is 0 Å². The first-order chi connectivity index (χ1) is 14.5. The number of piperidine rings is 1. The summed E-state index contributed by atoms with van der Waals surface area (Å²) in [6, 6.07) is 0.464. The summed E-state index contributed by atoms with van der Waals surface area (Å²) in [4.78, 5) is 15.0. The van der Waals surface area contributed by atoms with Crippen molar-refractivity contribution in [2.75, 3.05) is 27.4 Å². The van der Waals surface area contributed by atoms with Crippen LogP contribution in [0.4, 0.5) is 0 Å². The predicted octanol–water partition coefficient (Wildman–Crippen LogP) is 2.72. The highest BCUT2D eigenvalue weighted by molar-refractivity contribution is 5.93. The minimum atomic E-state index is -0.592. The molecule has 8 atom stereocenters. The van der Waals surface area contributed by atoms with Crippen LogP contribution in [0, 0.1) is 17.8 Å². The van der Waals surface area contributed by atoms with Crippen LogP contribution in [0.2, 0.25) is 0 Å². The van der Waals surface area contributed by atoms with Crippen LogP contribution >= 0.6 is 0 Å². The number of hydrogen-bond donors (Lipinski definition) is 0. The van der Waals surface area contributed by atoms with Gasteiger partial charge < -0.3 is 23.7 Å². The molecule has 0 amide bonds. The molecule has 0 N–H and O–H groups in total. The van der Waals surface area contributed by atoms with Crippen molar-refractivity contribution in [3.63, 3.8) is 0 Å². The Balaban J connectivity index is 1.38. The Morgan fingerprint density at radius 1 is 1.27 bits per heavy atom. The van der Waals surface area contributed by atoms with E-state index in [0.717, 1.165) is 51.0 Å². The van der Waals surface area contributed by atoms with Crippen molar-refractivity contribution in [1.29, 1.82) is 0 Å². The lowest BCUT2D eigenvalue weighted by Gasteiger charge is -2.48. The maximum absolute atomic E-state index is 12.2. The van der Waals surface area contributed by atoms with Gasteiger partial charge in [-0.25, -0.2) is 4.79 Å². The SMILES string of the molecule is COCCCCC12C3CC4C5[C@H](C)/C(=C6\OC(=O)C(C)=C6OC)O[C@]5(O3)C1CCN42. The molecule has 0 saturated carbocycles. The summed E-state index contributed by atoms with van der Waals surface area (Å²) in [5.41, 5.74) is 0.592. The van der Waals surface area contributed by atoms with Gasteiger partial charge in [0, 0.05) is 31.6 Å². The average molecular weight is 418 g/mol. The van der Waals surface area contributed by atoms with Crippen LogP contribution in [0.3, 0.4) is 0 Å². The van der Waals surface area contributed by atoms with Gasteiger partial charge in [0.2, 0.25) is 11.5 Å². The fourth-order valence-corrected chi connectivity index (χ4v) is 7.83. The molecule has 164 valence electrons. The summed E-state index contributed by atoms with van der Waals surface area (Å²) in [5.74, 6) is 1.47. The third-order valence-corrected chi connectivity index (χ3v) is 8.77. The molecule has 5 bridgehead atoms. The lowest BCUT2D eigenvalue weighted by Crippen LogP contribution is -2.61. The Labute approximate surface area is 177 Å². The maximum atomic E-state index is 12.2. The van der Waals surface area contributed by atoms with E-state index < -0.39 is 5.79 Å². The number of unbranched alkanes of at least 4 members (excludes halogenated alkanes) is 1. The number of allylic oxidation sites excluding steroid dienone is 1. The molecule has 0 radical (unpaired) electrons. The topological polar surface area (TPSA) is 66.5 Å². The Morgan fingerprint density at radius 3 is 2.87 bits per heavy atom. The molecule has 7 heteroatoms. The van der Waals surface area contributed by atoms with Gasteiger partial charge in [0.1, 0.15) is 5.76 Å². The monoisotopic (exact) mass is 417 g/mol. The van der Waals surface area contributed by atoms with Gasteiger partial charge in [-0.2, -0.15) is 0 Å². The highest BCUT2D eigenvalue weighted by Gasteiger charge is 2.84. The van der Waals surface area contributed by atoms with E-state index in [9.17, 15) is 4.79 Å². The average Bonchev–Trinajstić information content (AvgIpc) is 3.43. The molecule has 6 unspecified atom stereocenters. The number of cyclic esters (lactones) is 1. The third-order valence-electron chi connectivity index (χ3n) is 8.77. The molecule has 0 aromatic heterocycles. The van der Waals surface area contributed by atoms with Crippen LogP contribution in [0.25, 0.3) is 0 Å². The Morgan fingerprint density at radius 2 is 2.10 bits per heavy atom. The Hall–Kier alpha value is -1.57. The summed E-state index contributed by atoms with van der Waals surface area (Å²) < 4.78 is 30.0. The standard InChI is InChI=1S/C23H31NO6/c1-12-17-14-11-16-22(8-5-6-10-26-3)15(7-9-24(14)22)23(17,29-16)30-19(12)20-18(27-4)13(2)21(25)28-20/h12,14-17H,5-11H2,1-4H3/b20-19+/t12-,14?,15?,16?,17?,22?,23+/m0/s1. The normalized spacial score (nSPS) is 49.8. The molecule has 6 rings (SSSR count). The van der Waals surface area contributed by atoms with E-state index in [1.54, 1.807) is 21.1 Å². The number of ether oxygens (including phenoxy) is 5. The lowest BCUT2D eigenvalue weighted by molar-refractivity contribution is -0.256. The minimum Gasteiger partial charge on any atom is -0.492 e. The number of carbonyl (C=O) groups is 1. The molecule has 0 aromatic rings. The first-order valence-electron chi connectivity index (χ1n) is 11.3. The molecule has 30 heavy (non-hydrogen) atoms. The van der Waals surface area contributed by atoms with Gasteiger partial charge in [0.05, 0.1) is 30.2 Å². The number of esters is 1. The smallest absolute Gasteiger partial charge is 0.343 e. The van der Waals surface area contributed by atoms with Crippen LogP contribution in [-0.4, -0.2) is 61.7 Å². The van der Waals surface area contributed by atoms with Crippen molar-refractivity contribution in [2.45, 2.75) is 69.4 Å². The predicted molar refractivity (Wildman–Crippen MR) is 106 cm³/mol. The Bertz CT molecular complexity index is 866. The van der Waals surface area contributed by atoms with E-state index in [2.05, 4.69) is 11.8 Å². The second-order valence-electron chi connectivity index (χ2n) is 9.76. The minimum absolute atomic E-state index is 0.0942. The zero-order valence-electron chi connectivity index (χ0n) is 18.2. The highest BCUT2D eigenvalue weighted by Crippen LogP contribution is 2.73. The van der Waals surface area contributed by atoms with E-state index in [1.807, 2.05) is 0 Å². The van der Waals surface area contributed by atoms with Crippen molar-refractivity contribution in [3.05, 3.63) is 22.9 Å². The van der Waals surface area contributed by atoms with E-state index in [0.29, 0.717) is 29.1 Å². The molecule has 0 aliphatic carbocycles. The largest absolute Gasteiger partial charge is 0.492 e. The number of carbonyl (C=O) groups excluding carboxylic acids is 1. The number of fused-ring (bicyclic) bond motifs is 1. The van der Waals surface area contributed by atoms with Gasteiger partial charge in [-0.05, 0) is 45.6 Å². The molecule has 5 saturated heterocycles. The molecule has 1 spiro atoms. The van der Waals surface area contributed by atoms with Gasteiger partial charge in [0.15, 0.2) is 5.76 Å². The summed E-state index contributed by atoms with van der Waals surface area (Å²) in [6.45, 7) is 5.88. The van der Waals surface area contributed by atoms with Crippen molar-refractivity contribution in [3.8, 4) is 0 Å². The lowest BCUT2D eigenvalue weighted by atomic mass is 9.69. The van der Waals surface area contributed by atoms with Crippen molar-refractivity contribution < 1.29 is 28.5 Å². The van der Waals surface area contributed by atoms with E-state index in [1.165, 1.54) is 0 Å². The Kier molecular flexibility index (Phi) is 3.98. The second kappa shape index (κ2) is 6.24. The van der Waals surface area contributed by atoms with Gasteiger partial charge in [-0.15, -0.1) is 0 Å².